The van der Waals surface area contributed by atoms with E-state index in [-0.39, 0.29) is 0 Å². The van der Waals surface area contributed by atoms with Gasteiger partial charge < -0.3 is 10.2 Å². The molecular formula is C12H16N6. The molecule has 94 valence electrons. The Morgan fingerprint density at radius 3 is 2.72 bits per heavy atom. The van der Waals surface area contributed by atoms with Crippen LogP contribution < -0.4 is 10.2 Å². The first-order chi connectivity index (χ1) is 8.90. The Morgan fingerprint density at radius 2 is 2.11 bits per heavy atom. The molecule has 1 aromatic carbocycles. The molecule has 2 aromatic rings. The van der Waals surface area contributed by atoms with Gasteiger partial charge in [0, 0.05) is 19.6 Å². The van der Waals surface area contributed by atoms with Crippen LogP contribution in [0.15, 0.2) is 30.3 Å². The zero-order valence-corrected chi connectivity index (χ0v) is 10.3. The third-order valence-corrected chi connectivity index (χ3v) is 3.25. The zero-order valence-electron chi connectivity index (χ0n) is 10.3. The van der Waals surface area contributed by atoms with Crippen LogP contribution in [0, 0.1) is 0 Å². The third-order valence-electron chi connectivity index (χ3n) is 3.25. The SMILES string of the molecule is CCN(c1nnnn1-c1ccccc1)C1CNC1. The Bertz CT molecular complexity index is 504. The summed E-state index contributed by atoms with van der Waals surface area (Å²) in [6.45, 7) is 5.02. The molecule has 1 fully saturated rings. The van der Waals surface area contributed by atoms with E-state index in [4.69, 9.17) is 0 Å². The molecule has 0 saturated carbocycles. The van der Waals surface area contributed by atoms with Gasteiger partial charge in [-0.2, -0.15) is 4.68 Å². The Balaban J connectivity index is 1.95. The van der Waals surface area contributed by atoms with E-state index in [0.29, 0.717) is 6.04 Å². The van der Waals surface area contributed by atoms with Crippen molar-refractivity contribution in [3.63, 3.8) is 0 Å². The summed E-state index contributed by atoms with van der Waals surface area (Å²) in [7, 11) is 0. The van der Waals surface area contributed by atoms with Crippen molar-refractivity contribution in [2.75, 3.05) is 24.5 Å². The van der Waals surface area contributed by atoms with Crippen molar-refractivity contribution in [2.45, 2.75) is 13.0 Å². The molecule has 1 saturated heterocycles. The fourth-order valence-electron chi connectivity index (χ4n) is 2.15. The van der Waals surface area contributed by atoms with E-state index >= 15 is 0 Å². The van der Waals surface area contributed by atoms with Gasteiger partial charge in [0.05, 0.1) is 11.7 Å². The van der Waals surface area contributed by atoms with Crippen molar-refractivity contribution < 1.29 is 0 Å². The average molecular weight is 244 g/mol. The molecule has 0 bridgehead atoms. The number of hydrogen-bond acceptors (Lipinski definition) is 5. The van der Waals surface area contributed by atoms with Gasteiger partial charge in [0.15, 0.2) is 0 Å². The van der Waals surface area contributed by atoms with Gasteiger partial charge in [0.1, 0.15) is 0 Å². The van der Waals surface area contributed by atoms with Crippen molar-refractivity contribution in [1.82, 2.24) is 25.5 Å². The van der Waals surface area contributed by atoms with Crippen LogP contribution in [0.25, 0.3) is 5.69 Å². The molecule has 1 aromatic heterocycles. The average Bonchev–Trinajstić information content (AvgIpc) is 2.83. The Labute approximate surface area is 106 Å². The lowest BCUT2D eigenvalue weighted by atomic mass is 10.1. The lowest BCUT2D eigenvalue weighted by Gasteiger charge is -2.37. The molecule has 1 aliphatic heterocycles. The predicted octanol–water partition coefficient (Wildman–Crippen LogP) is 0.460. The molecule has 6 heteroatoms. The molecule has 18 heavy (non-hydrogen) atoms. The zero-order chi connectivity index (χ0) is 12.4. The summed E-state index contributed by atoms with van der Waals surface area (Å²) in [5.74, 6) is 0.815. The fourth-order valence-corrected chi connectivity index (χ4v) is 2.15. The Kier molecular flexibility index (Phi) is 2.93. The van der Waals surface area contributed by atoms with Crippen molar-refractivity contribution in [3.8, 4) is 5.69 Å². The van der Waals surface area contributed by atoms with E-state index < -0.39 is 0 Å². The quantitative estimate of drug-likeness (QED) is 0.846. The smallest absolute Gasteiger partial charge is 0.250 e. The molecule has 2 heterocycles. The second-order valence-corrected chi connectivity index (χ2v) is 4.32. The lowest BCUT2D eigenvalue weighted by Crippen LogP contribution is -2.58. The standard InChI is InChI=1S/C12H16N6/c1-2-17(11-8-13-9-11)12-14-15-16-18(12)10-6-4-3-5-7-10/h3-7,11,13H,2,8-9H2,1H3. The first-order valence-electron chi connectivity index (χ1n) is 6.21. The summed E-state index contributed by atoms with van der Waals surface area (Å²) in [6, 6.07) is 10.5. The van der Waals surface area contributed by atoms with Gasteiger partial charge in [-0.1, -0.05) is 23.3 Å². The van der Waals surface area contributed by atoms with Crippen LogP contribution >= 0.6 is 0 Å². The lowest BCUT2D eigenvalue weighted by molar-refractivity contribution is 0.411. The number of likely N-dealkylation sites (N-methyl/N-ethyl adjacent to an activating group) is 1. The van der Waals surface area contributed by atoms with Gasteiger partial charge in [-0.25, -0.2) is 0 Å². The summed E-state index contributed by atoms with van der Waals surface area (Å²) in [5.41, 5.74) is 0.989. The molecule has 1 aliphatic rings. The minimum Gasteiger partial charge on any atom is -0.334 e. The highest BCUT2D eigenvalue weighted by Crippen LogP contribution is 2.18. The highest BCUT2D eigenvalue weighted by Gasteiger charge is 2.27. The molecule has 6 nitrogen and oxygen atoms in total. The van der Waals surface area contributed by atoms with E-state index in [1.54, 1.807) is 4.68 Å². The van der Waals surface area contributed by atoms with Crippen LogP contribution in [0.2, 0.25) is 0 Å². The number of benzene rings is 1. The molecule has 0 radical (unpaired) electrons. The normalized spacial score (nSPS) is 15.4. The number of nitrogens with one attached hydrogen (secondary N) is 1. The van der Waals surface area contributed by atoms with Crippen LogP contribution in [-0.4, -0.2) is 45.9 Å². The van der Waals surface area contributed by atoms with Crippen LogP contribution in [0.5, 0.6) is 0 Å². The van der Waals surface area contributed by atoms with E-state index in [0.717, 1.165) is 31.3 Å². The summed E-state index contributed by atoms with van der Waals surface area (Å²) in [5, 5.41) is 15.3. The minimum absolute atomic E-state index is 0.489. The third kappa shape index (κ3) is 1.84. The molecule has 1 N–H and O–H groups in total. The van der Waals surface area contributed by atoms with Crippen LogP contribution in [0.3, 0.4) is 0 Å². The highest BCUT2D eigenvalue weighted by atomic mass is 15.6. The Morgan fingerprint density at radius 1 is 1.33 bits per heavy atom. The van der Waals surface area contributed by atoms with E-state index in [9.17, 15) is 0 Å². The number of aromatic nitrogens is 4. The molecule has 0 atom stereocenters. The minimum atomic E-state index is 0.489. The molecule has 0 spiro atoms. The van der Waals surface area contributed by atoms with Gasteiger partial charge >= 0.3 is 0 Å². The largest absolute Gasteiger partial charge is 0.334 e. The summed E-state index contributed by atoms with van der Waals surface area (Å²) in [6.07, 6.45) is 0. The van der Waals surface area contributed by atoms with Gasteiger partial charge in [-0.15, -0.1) is 0 Å². The summed E-state index contributed by atoms with van der Waals surface area (Å²) >= 11 is 0. The molecule has 3 rings (SSSR count). The van der Waals surface area contributed by atoms with Crippen molar-refractivity contribution >= 4 is 5.95 Å². The number of nitrogens with zero attached hydrogens (tertiary/aromatic N) is 5. The van der Waals surface area contributed by atoms with E-state index in [2.05, 4.69) is 32.7 Å². The van der Waals surface area contributed by atoms with Crippen molar-refractivity contribution in [2.24, 2.45) is 0 Å². The molecular weight excluding hydrogens is 228 g/mol. The van der Waals surface area contributed by atoms with E-state index in [1.807, 2.05) is 30.3 Å². The predicted molar refractivity (Wildman–Crippen MR) is 68.8 cm³/mol. The maximum atomic E-state index is 4.17. The monoisotopic (exact) mass is 244 g/mol. The number of hydrogen-bond donors (Lipinski definition) is 1. The highest BCUT2D eigenvalue weighted by molar-refractivity contribution is 5.41. The molecule has 0 aliphatic carbocycles. The number of anilines is 1. The summed E-state index contributed by atoms with van der Waals surface area (Å²) < 4.78 is 1.79. The maximum absolute atomic E-state index is 4.17. The van der Waals surface area contributed by atoms with Gasteiger partial charge in [-0.05, 0) is 29.5 Å². The van der Waals surface area contributed by atoms with Crippen LogP contribution in [0.4, 0.5) is 5.95 Å². The Hall–Kier alpha value is -1.95. The molecule has 0 unspecified atom stereocenters. The van der Waals surface area contributed by atoms with E-state index in [1.165, 1.54) is 0 Å². The first kappa shape index (κ1) is 11.2. The molecule has 0 amide bonds. The number of para-hydroxylation sites is 1. The first-order valence-corrected chi connectivity index (χ1v) is 6.21. The summed E-state index contributed by atoms with van der Waals surface area (Å²) in [4.78, 5) is 2.24. The second kappa shape index (κ2) is 4.73. The van der Waals surface area contributed by atoms with Crippen LogP contribution in [-0.2, 0) is 0 Å². The second-order valence-electron chi connectivity index (χ2n) is 4.32. The van der Waals surface area contributed by atoms with Gasteiger partial charge in [-0.3, -0.25) is 0 Å². The number of rotatable bonds is 4. The van der Waals surface area contributed by atoms with Gasteiger partial charge in [0.25, 0.3) is 5.95 Å². The fraction of sp³-hybridized carbons (Fsp3) is 0.417. The topological polar surface area (TPSA) is 58.9 Å². The van der Waals surface area contributed by atoms with Gasteiger partial charge in [0.2, 0.25) is 0 Å². The maximum Gasteiger partial charge on any atom is 0.250 e. The van der Waals surface area contributed by atoms with Crippen molar-refractivity contribution in [1.29, 1.82) is 0 Å². The van der Waals surface area contributed by atoms with Crippen molar-refractivity contribution in [3.05, 3.63) is 30.3 Å². The van der Waals surface area contributed by atoms with Crippen LogP contribution in [0.1, 0.15) is 6.92 Å². The number of tetrazole rings is 1.